The standard InChI is InChI=1S/C18H16BrN3O2S/c1-2-11-7-8-14-15(9-11)25-18(21-14)22-16(23)10-20-17(24)12-5-3-4-6-13(12)19/h3-9H,2,10H2,1H3,(H,20,24)(H,21,22,23). The van der Waals surface area contributed by atoms with Gasteiger partial charge in [-0.2, -0.15) is 0 Å². The van der Waals surface area contributed by atoms with Gasteiger partial charge in [-0.15, -0.1) is 0 Å². The van der Waals surface area contributed by atoms with Crippen molar-refractivity contribution in [3.05, 3.63) is 58.1 Å². The molecule has 0 aliphatic heterocycles. The van der Waals surface area contributed by atoms with Gasteiger partial charge >= 0.3 is 0 Å². The number of aromatic nitrogens is 1. The summed E-state index contributed by atoms with van der Waals surface area (Å²) in [7, 11) is 0. The Kier molecular flexibility index (Phi) is 5.45. The van der Waals surface area contributed by atoms with E-state index in [1.54, 1.807) is 18.2 Å². The summed E-state index contributed by atoms with van der Waals surface area (Å²) in [5.41, 5.74) is 2.58. The van der Waals surface area contributed by atoms with Crippen molar-refractivity contribution in [1.29, 1.82) is 0 Å². The van der Waals surface area contributed by atoms with Gasteiger partial charge in [-0.25, -0.2) is 4.98 Å². The summed E-state index contributed by atoms with van der Waals surface area (Å²) in [6, 6.07) is 13.1. The number of fused-ring (bicyclic) bond motifs is 1. The van der Waals surface area contributed by atoms with Gasteiger partial charge in [0.1, 0.15) is 0 Å². The quantitative estimate of drug-likeness (QED) is 0.658. The van der Waals surface area contributed by atoms with Crippen LogP contribution in [0.1, 0.15) is 22.8 Å². The molecule has 2 N–H and O–H groups in total. The zero-order chi connectivity index (χ0) is 17.8. The van der Waals surface area contributed by atoms with Crippen LogP contribution in [-0.2, 0) is 11.2 Å². The van der Waals surface area contributed by atoms with Crippen LogP contribution < -0.4 is 10.6 Å². The molecule has 0 bridgehead atoms. The van der Waals surface area contributed by atoms with Gasteiger partial charge in [-0.05, 0) is 52.2 Å². The van der Waals surface area contributed by atoms with Crippen molar-refractivity contribution in [2.75, 3.05) is 11.9 Å². The Bertz CT molecular complexity index is 939. The molecule has 1 aromatic heterocycles. The number of anilines is 1. The van der Waals surface area contributed by atoms with E-state index in [-0.39, 0.29) is 18.4 Å². The number of aryl methyl sites for hydroxylation is 1. The lowest BCUT2D eigenvalue weighted by Gasteiger charge is -2.06. The second-order valence-corrected chi connectivity index (χ2v) is 7.27. The molecule has 0 fully saturated rings. The molecule has 25 heavy (non-hydrogen) atoms. The molecule has 2 amide bonds. The zero-order valence-corrected chi connectivity index (χ0v) is 15.9. The number of carbonyl (C=O) groups excluding carboxylic acids is 2. The van der Waals surface area contributed by atoms with Crippen molar-refractivity contribution < 1.29 is 9.59 Å². The maximum absolute atomic E-state index is 12.1. The Hall–Kier alpha value is -2.25. The number of halogens is 1. The number of nitrogens with zero attached hydrogens (tertiary/aromatic N) is 1. The van der Waals surface area contributed by atoms with Crippen LogP contribution in [0.3, 0.4) is 0 Å². The number of carbonyl (C=O) groups is 2. The summed E-state index contributed by atoms with van der Waals surface area (Å²) in [6.07, 6.45) is 0.955. The van der Waals surface area contributed by atoms with Gasteiger partial charge in [-0.1, -0.05) is 36.5 Å². The maximum Gasteiger partial charge on any atom is 0.252 e. The predicted octanol–water partition coefficient (Wildman–Crippen LogP) is 3.99. The molecule has 0 radical (unpaired) electrons. The molecule has 128 valence electrons. The van der Waals surface area contributed by atoms with Crippen LogP contribution in [0.2, 0.25) is 0 Å². The fourth-order valence-electron chi connectivity index (χ4n) is 2.31. The third kappa shape index (κ3) is 4.24. The second-order valence-electron chi connectivity index (χ2n) is 5.39. The first-order chi connectivity index (χ1) is 12.1. The average molecular weight is 418 g/mol. The van der Waals surface area contributed by atoms with Crippen molar-refractivity contribution in [1.82, 2.24) is 10.3 Å². The highest BCUT2D eigenvalue weighted by atomic mass is 79.9. The van der Waals surface area contributed by atoms with E-state index >= 15 is 0 Å². The highest BCUT2D eigenvalue weighted by Crippen LogP contribution is 2.26. The third-order valence-electron chi connectivity index (χ3n) is 3.64. The van der Waals surface area contributed by atoms with Crippen molar-refractivity contribution in [2.24, 2.45) is 0 Å². The minimum absolute atomic E-state index is 0.115. The molecule has 0 spiro atoms. The van der Waals surface area contributed by atoms with Crippen molar-refractivity contribution >= 4 is 54.4 Å². The molecular formula is C18H16BrN3O2S. The van der Waals surface area contributed by atoms with Crippen LogP contribution in [0.15, 0.2) is 46.9 Å². The molecule has 0 aliphatic carbocycles. The van der Waals surface area contributed by atoms with E-state index in [0.717, 1.165) is 16.6 Å². The lowest BCUT2D eigenvalue weighted by Crippen LogP contribution is -2.33. The lowest BCUT2D eigenvalue weighted by molar-refractivity contribution is -0.115. The van der Waals surface area contributed by atoms with Gasteiger partial charge in [0, 0.05) is 4.47 Å². The van der Waals surface area contributed by atoms with E-state index in [1.807, 2.05) is 18.2 Å². The maximum atomic E-state index is 12.1. The molecule has 0 saturated heterocycles. The Balaban J connectivity index is 1.61. The minimum atomic E-state index is -0.310. The average Bonchev–Trinajstić information content (AvgIpc) is 3.01. The number of hydrogen-bond acceptors (Lipinski definition) is 4. The molecule has 5 nitrogen and oxygen atoms in total. The monoisotopic (exact) mass is 417 g/mol. The van der Waals surface area contributed by atoms with Gasteiger partial charge < -0.3 is 10.6 Å². The molecular weight excluding hydrogens is 402 g/mol. The molecule has 3 rings (SSSR count). The lowest BCUT2D eigenvalue weighted by atomic mass is 10.2. The summed E-state index contributed by atoms with van der Waals surface area (Å²) in [4.78, 5) is 28.6. The number of nitrogens with one attached hydrogen (secondary N) is 2. The van der Waals surface area contributed by atoms with E-state index in [4.69, 9.17) is 0 Å². The van der Waals surface area contributed by atoms with Gasteiger partial charge in [0.15, 0.2) is 5.13 Å². The number of benzene rings is 2. The first-order valence-corrected chi connectivity index (χ1v) is 9.40. The highest BCUT2D eigenvalue weighted by Gasteiger charge is 2.12. The van der Waals surface area contributed by atoms with E-state index < -0.39 is 0 Å². The van der Waals surface area contributed by atoms with Crippen LogP contribution in [0, 0.1) is 0 Å². The van der Waals surface area contributed by atoms with Gasteiger partial charge in [0.05, 0.1) is 22.3 Å². The molecule has 7 heteroatoms. The Morgan fingerprint density at radius 1 is 1.20 bits per heavy atom. The Morgan fingerprint density at radius 2 is 2.00 bits per heavy atom. The molecule has 0 aliphatic rings. The number of hydrogen-bond donors (Lipinski definition) is 2. The van der Waals surface area contributed by atoms with E-state index in [9.17, 15) is 9.59 Å². The van der Waals surface area contributed by atoms with Gasteiger partial charge in [0.2, 0.25) is 5.91 Å². The van der Waals surface area contributed by atoms with Crippen molar-refractivity contribution in [2.45, 2.75) is 13.3 Å². The SMILES string of the molecule is CCc1ccc2nc(NC(=O)CNC(=O)c3ccccc3Br)sc2c1. The highest BCUT2D eigenvalue weighted by molar-refractivity contribution is 9.10. The summed E-state index contributed by atoms with van der Waals surface area (Å²) < 4.78 is 1.72. The largest absolute Gasteiger partial charge is 0.343 e. The summed E-state index contributed by atoms with van der Waals surface area (Å²) >= 11 is 4.74. The van der Waals surface area contributed by atoms with Crippen molar-refractivity contribution in [3.63, 3.8) is 0 Å². The molecule has 0 saturated carbocycles. The zero-order valence-electron chi connectivity index (χ0n) is 13.5. The Morgan fingerprint density at radius 3 is 2.76 bits per heavy atom. The normalized spacial score (nSPS) is 10.6. The topological polar surface area (TPSA) is 71.1 Å². The molecule has 1 heterocycles. The van der Waals surface area contributed by atoms with Crippen LogP contribution in [0.5, 0.6) is 0 Å². The van der Waals surface area contributed by atoms with Crippen LogP contribution >= 0.6 is 27.3 Å². The molecule has 0 unspecified atom stereocenters. The second kappa shape index (κ2) is 7.76. The van der Waals surface area contributed by atoms with E-state index in [0.29, 0.717) is 15.2 Å². The van der Waals surface area contributed by atoms with E-state index in [2.05, 4.69) is 44.5 Å². The first-order valence-electron chi connectivity index (χ1n) is 7.79. The van der Waals surface area contributed by atoms with Crippen molar-refractivity contribution in [3.8, 4) is 0 Å². The Labute approximate surface area is 157 Å². The minimum Gasteiger partial charge on any atom is -0.343 e. The van der Waals surface area contributed by atoms with Crippen LogP contribution in [0.4, 0.5) is 5.13 Å². The summed E-state index contributed by atoms with van der Waals surface area (Å²) in [5.74, 6) is -0.616. The number of amides is 2. The molecule has 0 atom stereocenters. The molecule has 3 aromatic rings. The fourth-order valence-corrected chi connectivity index (χ4v) is 3.72. The number of thiazole rings is 1. The van der Waals surface area contributed by atoms with Crippen LogP contribution in [0.25, 0.3) is 10.2 Å². The smallest absolute Gasteiger partial charge is 0.252 e. The number of rotatable bonds is 5. The van der Waals surface area contributed by atoms with Gasteiger partial charge in [0.25, 0.3) is 5.91 Å². The third-order valence-corrected chi connectivity index (χ3v) is 5.26. The first kappa shape index (κ1) is 17.6. The predicted molar refractivity (Wildman–Crippen MR) is 104 cm³/mol. The molecule has 2 aromatic carbocycles. The van der Waals surface area contributed by atoms with Crippen LogP contribution in [-0.4, -0.2) is 23.3 Å². The summed E-state index contributed by atoms with van der Waals surface area (Å²) in [5, 5.41) is 5.87. The fraction of sp³-hybridized carbons (Fsp3) is 0.167. The van der Waals surface area contributed by atoms with Gasteiger partial charge in [-0.3, -0.25) is 9.59 Å². The van der Waals surface area contributed by atoms with E-state index in [1.165, 1.54) is 16.9 Å². The summed E-state index contributed by atoms with van der Waals surface area (Å²) in [6.45, 7) is 1.98.